The van der Waals surface area contributed by atoms with Crippen molar-refractivity contribution in [3.05, 3.63) is 59.1 Å². The van der Waals surface area contributed by atoms with Gasteiger partial charge in [-0.15, -0.1) is 0 Å². The van der Waals surface area contributed by atoms with Gasteiger partial charge in [0.2, 0.25) is 15.9 Å². The summed E-state index contributed by atoms with van der Waals surface area (Å²) in [4.78, 5) is 14.9. The van der Waals surface area contributed by atoms with Crippen LogP contribution < -0.4 is 5.32 Å². The maximum Gasteiger partial charge on any atom is 0.243 e. The van der Waals surface area contributed by atoms with E-state index in [1.165, 1.54) is 6.07 Å². The van der Waals surface area contributed by atoms with E-state index in [4.69, 9.17) is 11.6 Å². The van der Waals surface area contributed by atoms with Crippen LogP contribution in [0.2, 0.25) is 5.02 Å². The number of likely N-dealkylation sites (tertiary alicyclic amines) is 1. The van der Waals surface area contributed by atoms with Crippen molar-refractivity contribution in [2.45, 2.75) is 50.5 Å². The maximum absolute atomic E-state index is 13.4. The average molecular weight is 490 g/mol. The number of carbonyl (C=O) groups is 1. The van der Waals surface area contributed by atoms with Gasteiger partial charge >= 0.3 is 0 Å². The Hall–Kier alpha value is -1.93. The molecule has 0 radical (unpaired) electrons. The highest BCUT2D eigenvalue weighted by Gasteiger charge is 2.53. The van der Waals surface area contributed by atoms with E-state index in [0.29, 0.717) is 18.1 Å². The molecule has 2 saturated heterocycles. The number of rotatable bonds is 5. The molecule has 0 aromatic heterocycles. The Morgan fingerprint density at radius 3 is 2.39 bits per heavy atom. The molecule has 33 heavy (non-hydrogen) atoms. The molecule has 2 fully saturated rings. The van der Waals surface area contributed by atoms with Crippen LogP contribution in [0.3, 0.4) is 0 Å². The lowest BCUT2D eigenvalue weighted by Gasteiger charge is -2.39. The second kappa shape index (κ2) is 9.02. The van der Waals surface area contributed by atoms with Gasteiger partial charge in [-0.1, -0.05) is 35.4 Å². The van der Waals surface area contributed by atoms with Crippen molar-refractivity contribution in [3.8, 4) is 0 Å². The first-order chi connectivity index (χ1) is 15.5. The number of hydrogen-bond acceptors (Lipinski definition) is 4. The molecular formula is C25H32ClN3O3S. The Kier molecular flexibility index (Phi) is 6.62. The first kappa shape index (κ1) is 24.2. The number of nitrogens with one attached hydrogen (secondary N) is 1. The fourth-order valence-electron chi connectivity index (χ4n) is 5.31. The van der Waals surface area contributed by atoms with E-state index in [1.807, 2.05) is 45.0 Å². The summed E-state index contributed by atoms with van der Waals surface area (Å²) in [5.74, 6) is -0.0216. The summed E-state index contributed by atoms with van der Waals surface area (Å²) >= 11 is 6.07. The predicted octanol–water partition coefficient (Wildman–Crippen LogP) is 4.54. The van der Waals surface area contributed by atoms with E-state index >= 15 is 0 Å². The van der Waals surface area contributed by atoms with Crippen LogP contribution in [0.4, 0.5) is 5.69 Å². The number of carbonyl (C=O) groups excluding carboxylic acids is 1. The Labute approximate surface area is 202 Å². The van der Waals surface area contributed by atoms with Gasteiger partial charge in [-0.2, -0.15) is 4.31 Å². The molecule has 0 saturated carbocycles. The zero-order chi connectivity index (χ0) is 23.9. The molecule has 1 spiro atoms. The lowest BCUT2D eigenvalue weighted by atomic mass is 9.74. The Morgan fingerprint density at radius 1 is 1.09 bits per heavy atom. The zero-order valence-corrected chi connectivity index (χ0v) is 21.0. The standard InChI is InChI=1S/C25H32ClN3O3S/c1-19-7-9-21(10-8-19)27-23(30)16-28-13-11-25(12-14-28)17-24(2,3)29(18-25)33(31,32)22-6-4-5-20(26)15-22/h4-10,15H,11-14,16-18H2,1-3H3,(H,27,30). The molecule has 8 heteroatoms. The first-order valence-corrected chi connectivity index (χ1v) is 13.2. The number of benzene rings is 2. The van der Waals surface area contributed by atoms with Crippen molar-refractivity contribution in [1.29, 1.82) is 0 Å². The number of piperidine rings is 1. The van der Waals surface area contributed by atoms with Gasteiger partial charge in [0.15, 0.2) is 0 Å². The Morgan fingerprint density at radius 2 is 1.76 bits per heavy atom. The van der Waals surface area contributed by atoms with Crippen molar-refractivity contribution in [3.63, 3.8) is 0 Å². The summed E-state index contributed by atoms with van der Waals surface area (Å²) < 4.78 is 28.5. The second-order valence-corrected chi connectivity index (χ2v) is 12.4. The fraction of sp³-hybridized carbons (Fsp3) is 0.480. The SMILES string of the molecule is Cc1ccc(NC(=O)CN2CCC3(CC2)CN(S(=O)(=O)c2cccc(Cl)c2)C(C)(C)C3)cc1. The van der Waals surface area contributed by atoms with E-state index in [0.717, 1.165) is 43.6 Å². The highest BCUT2D eigenvalue weighted by Crippen LogP contribution is 2.49. The highest BCUT2D eigenvalue weighted by molar-refractivity contribution is 7.89. The third-order valence-electron chi connectivity index (χ3n) is 6.97. The van der Waals surface area contributed by atoms with Gasteiger partial charge in [-0.3, -0.25) is 9.69 Å². The lowest BCUT2D eigenvalue weighted by Crippen LogP contribution is -2.45. The van der Waals surface area contributed by atoms with Crippen LogP contribution >= 0.6 is 11.6 Å². The van der Waals surface area contributed by atoms with Gasteiger partial charge in [0, 0.05) is 22.8 Å². The average Bonchev–Trinajstić information content (AvgIpc) is 3.02. The molecule has 2 aliphatic rings. The van der Waals surface area contributed by atoms with Crippen LogP contribution in [-0.2, 0) is 14.8 Å². The highest BCUT2D eigenvalue weighted by atomic mass is 35.5. The van der Waals surface area contributed by atoms with Gasteiger partial charge in [0.25, 0.3) is 0 Å². The van der Waals surface area contributed by atoms with E-state index in [1.54, 1.807) is 22.5 Å². The summed E-state index contributed by atoms with van der Waals surface area (Å²) in [6.45, 7) is 8.43. The van der Waals surface area contributed by atoms with Gasteiger partial charge in [-0.25, -0.2) is 8.42 Å². The smallest absolute Gasteiger partial charge is 0.243 e. The molecule has 0 unspecified atom stereocenters. The van der Waals surface area contributed by atoms with Crippen molar-refractivity contribution in [2.75, 3.05) is 31.5 Å². The Bertz CT molecular complexity index is 1120. The van der Waals surface area contributed by atoms with E-state index in [2.05, 4.69) is 10.2 Å². The van der Waals surface area contributed by atoms with Crippen molar-refractivity contribution in [1.82, 2.24) is 9.21 Å². The quantitative estimate of drug-likeness (QED) is 0.669. The first-order valence-electron chi connectivity index (χ1n) is 11.4. The van der Waals surface area contributed by atoms with Crippen LogP contribution in [0, 0.1) is 12.3 Å². The molecule has 2 heterocycles. The summed E-state index contributed by atoms with van der Waals surface area (Å²) in [6, 6.07) is 14.3. The van der Waals surface area contributed by atoms with Crippen LogP contribution in [0.5, 0.6) is 0 Å². The van der Waals surface area contributed by atoms with Crippen LogP contribution in [0.15, 0.2) is 53.4 Å². The zero-order valence-electron chi connectivity index (χ0n) is 19.5. The van der Waals surface area contributed by atoms with Gasteiger partial charge in [0.1, 0.15) is 0 Å². The molecule has 1 amide bonds. The normalized spacial score (nSPS) is 20.7. The molecule has 0 bridgehead atoms. The molecular weight excluding hydrogens is 458 g/mol. The lowest BCUT2D eigenvalue weighted by molar-refractivity contribution is -0.117. The summed E-state index contributed by atoms with van der Waals surface area (Å²) in [5, 5.41) is 3.38. The maximum atomic E-state index is 13.4. The topological polar surface area (TPSA) is 69.7 Å². The summed E-state index contributed by atoms with van der Waals surface area (Å²) in [5.41, 5.74) is 1.41. The second-order valence-electron chi connectivity index (χ2n) is 10.1. The number of aryl methyl sites for hydroxylation is 1. The van der Waals surface area contributed by atoms with Crippen molar-refractivity contribution in [2.24, 2.45) is 5.41 Å². The fourth-order valence-corrected chi connectivity index (χ4v) is 7.50. The number of nitrogens with zero attached hydrogens (tertiary/aromatic N) is 2. The van der Waals surface area contributed by atoms with Crippen LogP contribution in [0.1, 0.15) is 38.7 Å². The molecule has 0 aliphatic carbocycles. The van der Waals surface area contributed by atoms with Crippen LogP contribution in [0.25, 0.3) is 0 Å². The molecule has 2 aromatic rings. The number of hydrogen-bond donors (Lipinski definition) is 1. The number of amides is 1. The summed E-state index contributed by atoms with van der Waals surface area (Å²) in [6.07, 6.45) is 2.55. The van der Waals surface area contributed by atoms with E-state index < -0.39 is 15.6 Å². The van der Waals surface area contributed by atoms with Gasteiger partial charge < -0.3 is 5.32 Å². The van der Waals surface area contributed by atoms with Gasteiger partial charge in [0.05, 0.1) is 11.4 Å². The largest absolute Gasteiger partial charge is 0.325 e. The Balaban J connectivity index is 1.39. The van der Waals surface area contributed by atoms with Crippen molar-refractivity contribution < 1.29 is 13.2 Å². The molecule has 1 N–H and O–H groups in total. The summed E-state index contributed by atoms with van der Waals surface area (Å²) in [7, 11) is -3.64. The molecule has 178 valence electrons. The number of halogens is 1. The minimum atomic E-state index is -3.64. The monoisotopic (exact) mass is 489 g/mol. The van der Waals surface area contributed by atoms with E-state index in [-0.39, 0.29) is 16.2 Å². The van der Waals surface area contributed by atoms with Crippen molar-refractivity contribution >= 4 is 33.2 Å². The van der Waals surface area contributed by atoms with Gasteiger partial charge in [-0.05, 0) is 88.9 Å². The third-order valence-corrected chi connectivity index (χ3v) is 9.25. The minimum absolute atomic E-state index is 0.0216. The molecule has 2 aromatic carbocycles. The molecule has 2 aliphatic heterocycles. The minimum Gasteiger partial charge on any atom is -0.325 e. The third kappa shape index (κ3) is 5.27. The molecule has 6 nitrogen and oxygen atoms in total. The number of sulfonamides is 1. The van der Waals surface area contributed by atoms with Crippen LogP contribution in [-0.4, -0.2) is 55.2 Å². The predicted molar refractivity (Wildman–Crippen MR) is 132 cm³/mol. The van der Waals surface area contributed by atoms with E-state index in [9.17, 15) is 13.2 Å². The number of anilines is 1. The molecule has 0 atom stereocenters. The molecule has 4 rings (SSSR count).